The predicted octanol–water partition coefficient (Wildman–Crippen LogP) is 5.33. The van der Waals surface area contributed by atoms with Crippen LogP contribution in [0.2, 0.25) is 0 Å². The molecule has 2 fully saturated rings. The van der Waals surface area contributed by atoms with Crippen molar-refractivity contribution in [1.29, 1.82) is 0 Å². The highest BCUT2D eigenvalue weighted by molar-refractivity contribution is 6.63. The molecule has 7 atom stereocenters. The van der Waals surface area contributed by atoms with E-state index >= 15 is 0 Å². The molecule has 0 nitrogen and oxygen atoms in total. The molecule has 0 saturated heterocycles. The van der Waals surface area contributed by atoms with Gasteiger partial charge < -0.3 is 0 Å². The summed E-state index contributed by atoms with van der Waals surface area (Å²) >= 11 is 51.0. The van der Waals surface area contributed by atoms with E-state index in [9.17, 15) is 0 Å². The Kier molecular flexibility index (Phi) is 3.39. The highest BCUT2D eigenvalue weighted by atomic mass is 35.5. The lowest BCUT2D eigenvalue weighted by Crippen LogP contribution is -2.47. The molecule has 0 unspecified atom stereocenters. The molecule has 0 heterocycles. The zero-order valence-electron chi connectivity index (χ0n) is 8.49. The normalized spacial score (nSPS) is 60.9. The van der Waals surface area contributed by atoms with Gasteiger partial charge in [0.1, 0.15) is 9.75 Å². The maximum Gasteiger partial charge on any atom is 0.165 e. The zero-order valence-corrected chi connectivity index (χ0v) is 14.5. The third-order valence-electron chi connectivity index (χ3n) is 4.25. The smallest absolute Gasteiger partial charge is 0.121 e. The van der Waals surface area contributed by atoms with E-state index in [0.717, 1.165) is 0 Å². The van der Waals surface area contributed by atoms with Crippen molar-refractivity contribution in [2.45, 2.75) is 30.2 Å². The molecule has 0 spiro atoms. The minimum atomic E-state index is -1.47. The fraction of sp³-hybridized carbons (Fsp3) is 0.800. The molecular weight excluding hydrogens is 404 g/mol. The Morgan fingerprint density at radius 3 is 1.89 bits per heavy atom. The van der Waals surface area contributed by atoms with Gasteiger partial charge in [-0.2, -0.15) is 0 Å². The van der Waals surface area contributed by atoms with Crippen LogP contribution in [0.15, 0.2) is 11.1 Å². The summed E-state index contributed by atoms with van der Waals surface area (Å²) in [6, 6.07) is 0. The van der Waals surface area contributed by atoms with Gasteiger partial charge in [0.05, 0.1) is 16.1 Å². The lowest BCUT2D eigenvalue weighted by atomic mass is 9.84. The molecule has 2 saturated carbocycles. The van der Waals surface area contributed by atoms with Crippen LogP contribution in [0.3, 0.4) is 0 Å². The fourth-order valence-corrected chi connectivity index (χ4v) is 7.41. The molecule has 102 valence electrons. The summed E-state index contributed by atoms with van der Waals surface area (Å²) in [7, 11) is 0. The minimum Gasteiger partial charge on any atom is -0.121 e. The summed E-state index contributed by atoms with van der Waals surface area (Å²) in [4.78, 5) is -2.39. The first-order chi connectivity index (χ1) is 8.10. The second-order valence-electron chi connectivity index (χ2n) is 4.93. The van der Waals surface area contributed by atoms with Gasteiger partial charge in [-0.15, -0.1) is 58.0 Å². The van der Waals surface area contributed by atoms with E-state index in [0.29, 0.717) is 5.03 Å². The van der Waals surface area contributed by atoms with Crippen molar-refractivity contribution in [3.05, 3.63) is 11.1 Å². The minimum absolute atomic E-state index is 0.311. The molecule has 0 aromatic carbocycles. The Hall–Kier alpha value is 2.06. The summed E-state index contributed by atoms with van der Waals surface area (Å²) in [6.45, 7) is 0. The third kappa shape index (κ3) is 1.32. The van der Waals surface area contributed by atoms with E-state index in [1.165, 1.54) is 0 Å². The first-order valence-corrected chi connectivity index (χ1v) is 8.37. The maximum absolute atomic E-state index is 6.60. The van der Waals surface area contributed by atoms with Crippen LogP contribution in [0, 0.1) is 11.8 Å². The Balaban J connectivity index is 2.24. The monoisotopic (exact) mass is 406 g/mol. The third-order valence-corrected chi connectivity index (χ3v) is 9.63. The lowest BCUT2D eigenvalue weighted by Gasteiger charge is -2.35. The second-order valence-corrected chi connectivity index (χ2v) is 9.40. The number of alkyl halides is 7. The van der Waals surface area contributed by atoms with Gasteiger partial charge in [-0.25, -0.2) is 0 Å². The van der Waals surface area contributed by atoms with Crippen LogP contribution in [-0.4, -0.2) is 30.2 Å². The van der Waals surface area contributed by atoms with Crippen LogP contribution in [-0.2, 0) is 0 Å². The van der Waals surface area contributed by atoms with Crippen molar-refractivity contribution in [2.24, 2.45) is 11.8 Å². The van der Waals surface area contributed by atoms with Gasteiger partial charge in [-0.05, 0) is 6.08 Å². The van der Waals surface area contributed by atoms with E-state index < -0.39 is 30.2 Å². The summed E-state index contributed by atoms with van der Waals surface area (Å²) in [5.41, 5.74) is 0. The number of allylic oxidation sites excluding steroid dienone is 2. The highest BCUT2D eigenvalue weighted by Crippen LogP contribution is 2.77. The summed E-state index contributed by atoms with van der Waals surface area (Å²) in [5, 5.41) is -1.10. The zero-order chi connectivity index (χ0) is 13.7. The number of hydrogen-bond donors (Lipinski definition) is 0. The molecule has 0 radical (unpaired) electrons. The SMILES string of the molecule is ClC1=C[C@]2(Cl)[C@@H]3[C@@H](Cl)[C@@H](Cl)[C@@H](Cl)[C@@H]3[C@@]1(Cl)C2(Cl)Cl. The van der Waals surface area contributed by atoms with Gasteiger partial charge >= 0.3 is 0 Å². The van der Waals surface area contributed by atoms with Crippen LogP contribution in [0.25, 0.3) is 0 Å². The standard InChI is InChI=1S/C10H6Cl8/c11-2-1-8(15)3-4(6(13)7(14)5(3)12)9(2,16)10(8,17)18/h1,3-7H/t3-,4+,5+,6-,7+,8-,9+/m0/s1. The topological polar surface area (TPSA) is 0 Å². The number of rotatable bonds is 0. The van der Waals surface area contributed by atoms with Crippen LogP contribution in [0.1, 0.15) is 0 Å². The van der Waals surface area contributed by atoms with Crippen molar-refractivity contribution in [3.63, 3.8) is 0 Å². The van der Waals surface area contributed by atoms with Gasteiger partial charge in [0.15, 0.2) is 4.33 Å². The largest absolute Gasteiger partial charge is 0.165 e. The first kappa shape index (κ1) is 15.0. The average Bonchev–Trinajstić information content (AvgIpc) is 2.63. The average molecular weight is 410 g/mol. The van der Waals surface area contributed by atoms with Gasteiger partial charge in [0.25, 0.3) is 0 Å². The van der Waals surface area contributed by atoms with Crippen LogP contribution < -0.4 is 0 Å². The van der Waals surface area contributed by atoms with Gasteiger partial charge in [-0.1, -0.05) is 34.8 Å². The summed E-state index contributed by atoms with van der Waals surface area (Å²) < 4.78 is -1.47. The highest BCUT2D eigenvalue weighted by Gasteiger charge is 2.83. The quantitative estimate of drug-likeness (QED) is 0.474. The molecule has 3 aliphatic rings. The second kappa shape index (κ2) is 4.07. The molecular formula is C10H6Cl8. The number of halogens is 8. The van der Waals surface area contributed by atoms with Crippen molar-refractivity contribution in [3.8, 4) is 0 Å². The maximum atomic E-state index is 6.60. The van der Waals surface area contributed by atoms with E-state index in [4.69, 9.17) is 92.8 Å². The Bertz CT molecular complexity index is 447. The van der Waals surface area contributed by atoms with E-state index in [2.05, 4.69) is 0 Å². The molecule has 3 aliphatic carbocycles. The fourth-order valence-electron chi connectivity index (χ4n) is 3.41. The summed E-state index contributed by atoms with van der Waals surface area (Å²) in [6.07, 6.45) is 1.58. The van der Waals surface area contributed by atoms with Gasteiger partial charge in [-0.3, -0.25) is 0 Å². The molecule has 0 N–H and O–H groups in total. The van der Waals surface area contributed by atoms with Gasteiger partial charge in [0, 0.05) is 16.9 Å². The molecule has 18 heavy (non-hydrogen) atoms. The molecule has 0 amide bonds. The first-order valence-electron chi connectivity index (χ1n) is 5.17. The molecule has 8 heteroatoms. The van der Waals surface area contributed by atoms with Gasteiger partial charge in [0.2, 0.25) is 0 Å². The molecule has 3 rings (SSSR count). The van der Waals surface area contributed by atoms with Crippen molar-refractivity contribution < 1.29 is 0 Å². The summed E-state index contributed by atoms with van der Waals surface area (Å²) in [5.74, 6) is -0.684. The van der Waals surface area contributed by atoms with Crippen LogP contribution in [0.4, 0.5) is 0 Å². The van der Waals surface area contributed by atoms with Crippen LogP contribution in [0.5, 0.6) is 0 Å². The van der Waals surface area contributed by atoms with E-state index in [1.54, 1.807) is 6.08 Å². The predicted molar refractivity (Wildman–Crippen MR) is 81.4 cm³/mol. The molecule has 0 aliphatic heterocycles. The van der Waals surface area contributed by atoms with Crippen molar-refractivity contribution >= 4 is 92.8 Å². The van der Waals surface area contributed by atoms with Crippen molar-refractivity contribution in [2.75, 3.05) is 0 Å². The Morgan fingerprint density at radius 2 is 1.33 bits per heavy atom. The number of fused-ring (bicyclic) bond motifs is 5. The molecule has 0 aromatic rings. The Morgan fingerprint density at radius 1 is 0.833 bits per heavy atom. The molecule has 0 aromatic heterocycles. The number of hydrogen-bond acceptors (Lipinski definition) is 0. The van der Waals surface area contributed by atoms with Crippen LogP contribution >= 0.6 is 92.8 Å². The van der Waals surface area contributed by atoms with E-state index in [1.807, 2.05) is 0 Å². The lowest BCUT2D eigenvalue weighted by molar-refractivity contribution is 0.392. The van der Waals surface area contributed by atoms with Crippen molar-refractivity contribution in [1.82, 2.24) is 0 Å². The Labute approximate surface area is 145 Å². The molecule has 2 bridgehead atoms. The van der Waals surface area contributed by atoms with E-state index in [-0.39, 0.29) is 11.8 Å².